The van der Waals surface area contributed by atoms with Gasteiger partial charge in [-0.1, -0.05) is 0 Å². The highest BCUT2D eigenvalue weighted by molar-refractivity contribution is 8.13. The van der Waals surface area contributed by atoms with Gasteiger partial charge < -0.3 is 5.32 Å². The molecule has 0 saturated heterocycles. The molecule has 0 saturated carbocycles. The summed E-state index contributed by atoms with van der Waals surface area (Å²) in [4.78, 5) is 21.3. The number of carbonyl (C=O) groups is 1. The molecular formula is C10H11ClN2O5S. The summed E-state index contributed by atoms with van der Waals surface area (Å²) in [5.41, 5.74) is -0.700. The van der Waals surface area contributed by atoms with Crippen LogP contribution in [0, 0.1) is 17.0 Å². The van der Waals surface area contributed by atoms with Crippen LogP contribution in [0.1, 0.15) is 22.8 Å². The third-order valence-corrected chi connectivity index (χ3v) is 3.84. The van der Waals surface area contributed by atoms with E-state index in [0.29, 0.717) is 6.54 Å². The molecular weight excluding hydrogens is 296 g/mol. The van der Waals surface area contributed by atoms with E-state index in [-0.39, 0.29) is 11.1 Å². The van der Waals surface area contributed by atoms with Crippen molar-refractivity contribution in [1.82, 2.24) is 5.32 Å². The minimum atomic E-state index is -4.17. The van der Waals surface area contributed by atoms with E-state index >= 15 is 0 Å². The second kappa shape index (κ2) is 5.54. The first kappa shape index (κ1) is 15.4. The van der Waals surface area contributed by atoms with Gasteiger partial charge in [0.1, 0.15) is 0 Å². The lowest BCUT2D eigenvalue weighted by Gasteiger charge is -2.07. The predicted molar refractivity (Wildman–Crippen MR) is 68.9 cm³/mol. The molecule has 1 N–H and O–H groups in total. The Balaban J connectivity index is 3.58. The fourth-order valence-corrected chi connectivity index (χ4v) is 2.73. The average Bonchev–Trinajstić information content (AvgIpc) is 2.27. The van der Waals surface area contributed by atoms with Gasteiger partial charge in [0.25, 0.3) is 20.6 Å². The largest absolute Gasteiger partial charge is 0.352 e. The van der Waals surface area contributed by atoms with Gasteiger partial charge in [0, 0.05) is 34.4 Å². The minimum Gasteiger partial charge on any atom is -0.352 e. The summed E-state index contributed by atoms with van der Waals surface area (Å²) in [7, 11) is 1.04. The summed E-state index contributed by atoms with van der Waals surface area (Å²) in [5.74, 6) is -0.604. The van der Waals surface area contributed by atoms with E-state index in [0.717, 1.165) is 12.1 Å². The van der Waals surface area contributed by atoms with Crippen molar-refractivity contribution in [3.63, 3.8) is 0 Å². The number of halogens is 1. The molecule has 104 valence electrons. The second-order valence-corrected chi connectivity index (χ2v) is 6.21. The fraction of sp³-hybridized carbons (Fsp3) is 0.300. The molecule has 9 heteroatoms. The van der Waals surface area contributed by atoms with Crippen LogP contribution in [-0.4, -0.2) is 25.8 Å². The number of nitro benzene ring substituents is 1. The first-order chi connectivity index (χ1) is 8.68. The SMILES string of the molecule is CCNC(=O)c1cc([N+](=O)[O-])c(C)c(S(=O)(=O)Cl)c1. The van der Waals surface area contributed by atoms with E-state index < -0.39 is 30.5 Å². The lowest BCUT2D eigenvalue weighted by molar-refractivity contribution is -0.385. The highest BCUT2D eigenvalue weighted by Crippen LogP contribution is 2.29. The van der Waals surface area contributed by atoms with E-state index in [1.54, 1.807) is 6.92 Å². The summed E-state index contributed by atoms with van der Waals surface area (Å²) < 4.78 is 22.7. The van der Waals surface area contributed by atoms with Crippen molar-refractivity contribution in [2.24, 2.45) is 0 Å². The first-order valence-electron chi connectivity index (χ1n) is 5.20. The lowest BCUT2D eigenvalue weighted by atomic mass is 10.1. The van der Waals surface area contributed by atoms with E-state index in [4.69, 9.17) is 10.7 Å². The molecule has 0 atom stereocenters. The van der Waals surface area contributed by atoms with Gasteiger partial charge in [-0.05, 0) is 19.9 Å². The fourth-order valence-electron chi connectivity index (χ4n) is 1.51. The summed E-state index contributed by atoms with van der Waals surface area (Å²) >= 11 is 0. The standard InChI is InChI=1S/C10H11ClN2O5S/c1-3-12-10(14)7-4-8(13(15)16)6(2)9(5-7)19(11,17)18/h4-5H,3H2,1-2H3,(H,12,14). The summed E-state index contributed by atoms with van der Waals surface area (Å²) in [6, 6.07) is 2.04. The molecule has 0 radical (unpaired) electrons. The Morgan fingerprint density at radius 1 is 1.47 bits per heavy atom. The molecule has 19 heavy (non-hydrogen) atoms. The van der Waals surface area contributed by atoms with Gasteiger partial charge in [-0.25, -0.2) is 8.42 Å². The normalized spacial score (nSPS) is 11.1. The van der Waals surface area contributed by atoms with Crippen molar-refractivity contribution < 1.29 is 18.1 Å². The molecule has 0 aliphatic heterocycles. The van der Waals surface area contributed by atoms with Crippen molar-refractivity contribution in [2.45, 2.75) is 18.7 Å². The van der Waals surface area contributed by atoms with Crippen molar-refractivity contribution >= 4 is 31.3 Å². The Morgan fingerprint density at radius 3 is 2.47 bits per heavy atom. The molecule has 0 spiro atoms. The number of amides is 1. The molecule has 0 aromatic heterocycles. The van der Waals surface area contributed by atoms with Crippen LogP contribution in [0.5, 0.6) is 0 Å². The van der Waals surface area contributed by atoms with Crippen LogP contribution in [0.2, 0.25) is 0 Å². The van der Waals surface area contributed by atoms with E-state index in [2.05, 4.69) is 5.32 Å². The highest BCUT2D eigenvalue weighted by Gasteiger charge is 2.24. The summed E-state index contributed by atoms with van der Waals surface area (Å²) in [6.07, 6.45) is 0. The van der Waals surface area contributed by atoms with E-state index in [1.807, 2.05) is 0 Å². The second-order valence-electron chi connectivity index (χ2n) is 3.67. The lowest BCUT2D eigenvalue weighted by Crippen LogP contribution is -2.23. The van der Waals surface area contributed by atoms with Crippen LogP contribution in [-0.2, 0) is 9.05 Å². The van der Waals surface area contributed by atoms with Crippen LogP contribution in [0.25, 0.3) is 0 Å². The number of rotatable bonds is 4. The zero-order valence-electron chi connectivity index (χ0n) is 10.1. The van der Waals surface area contributed by atoms with Crippen molar-refractivity contribution in [1.29, 1.82) is 0 Å². The molecule has 1 aromatic rings. The van der Waals surface area contributed by atoms with Gasteiger partial charge >= 0.3 is 0 Å². The monoisotopic (exact) mass is 306 g/mol. The van der Waals surface area contributed by atoms with Crippen molar-refractivity contribution in [3.05, 3.63) is 33.4 Å². The summed E-state index contributed by atoms with van der Waals surface area (Å²) in [6.45, 7) is 3.23. The predicted octanol–water partition coefficient (Wildman–Crippen LogP) is 1.58. The number of benzene rings is 1. The number of nitrogens with zero attached hydrogens (tertiary/aromatic N) is 1. The first-order valence-corrected chi connectivity index (χ1v) is 7.51. The molecule has 1 rings (SSSR count). The van der Waals surface area contributed by atoms with Gasteiger partial charge in [-0.3, -0.25) is 14.9 Å². The van der Waals surface area contributed by atoms with Crippen LogP contribution >= 0.6 is 10.7 Å². The Kier molecular flexibility index (Phi) is 4.48. The Bertz CT molecular complexity index is 642. The highest BCUT2D eigenvalue weighted by atomic mass is 35.7. The molecule has 0 aliphatic rings. The maximum atomic E-state index is 11.6. The number of nitrogens with one attached hydrogen (secondary N) is 1. The maximum absolute atomic E-state index is 11.6. The molecule has 0 aliphatic carbocycles. The van der Waals surface area contributed by atoms with Crippen LogP contribution in [0.15, 0.2) is 17.0 Å². The summed E-state index contributed by atoms with van der Waals surface area (Å²) in [5, 5.41) is 13.3. The Hall–Kier alpha value is -1.67. The zero-order chi connectivity index (χ0) is 14.8. The molecule has 0 heterocycles. The average molecular weight is 307 g/mol. The topological polar surface area (TPSA) is 106 Å². The number of hydrogen-bond acceptors (Lipinski definition) is 5. The number of nitro groups is 1. The Morgan fingerprint density at radius 2 is 2.05 bits per heavy atom. The van der Waals surface area contributed by atoms with E-state index in [1.165, 1.54) is 6.92 Å². The van der Waals surface area contributed by atoms with Gasteiger partial charge in [0.05, 0.1) is 9.82 Å². The number of carbonyl (C=O) groups excluding carboxylic acids is 1. The third-order valence-electron chi connectivity index (χ3n) is 2.39. The molecule has 7 nitrogen and oxygen atoms in total. The van der Waals surface area contributed by atoms with Crippen molar-refractivity contribution in [2.75, 3.05) is 6.54 Å². The molecule has 0 fully saturated rings. The molecule has 0 bridgehead atoms. The van der Waals surface area contributed by atoms with Crippen molar-refractivity contribution in [3.8, 4) is 0 Å². The van der Waals surface area contributed by atoms with Gasteiger partial charge in [0.2, 0.25) is 0 Å². The van der Waals surface area contributed by atoms with Crippen LogP contribution in [0.4, 0.5) is 5.69 Å². The zero-order valence-corrected chi connectivity index (χ0v) is 11.7. The van der Waals surface area contributed by atoms with Crippen LogP contribution < -0.4 is 5.32 Å². The van der Waals surface area contributed by atoms with Gasteiger partial charge in [-0.2, -0.15) is 0 Å². The van der Waals surface area contributed by atoms with Gasteiger partial charge in [-0.15, -0.1) is 0 Å². The number of hydrogen-bond donors (Lipinski definition) is 1. The van der Waals surface area contributed by atoms with E-state index in [9.17, 15) is 23.3 Å². The quantitative estimate of drug-likeness (QED) is 0.516. The van der Waals surface area contributed by atoms with Crippen LogP contribution in [0.3, 0.4) is 0 Å². The molecule has 0 unspecified atom stereocenters. The molecule has 1 aromatic carbocycles. The Labute approximate surface area is 114 Å². The molecule has 1 amide bonds. The maximum Gasteiger partial charge on any atom is 0.274 e. The third kappa shape index (κ3) is 3.42. The smallest absolute Gasteiger partial charge is 0.274 e. The van der Waals surface area contributed by atoms with Gasteiger partial charge in [0.15, 0.2) is 0 Å². The minimum absolute atomic E-state index is 0.104.